The Morgan fingerprint density at radius 2 is 0.516 bits per heavy atom. The first kappa shape index (κ1) is 26.7. The van der Waals surface area contributed by atoms with Crippen molar-refractivity contribution in [1.29, 1.82) is 0 Å². The fourth-order valence-corrected chi connectivity index (χ4v) is 6.38. The molecule has 2 aliphatic rings. The molecule has 0 aromatic rings. The standard InChI is InChI=1S/C30H54O/c1-23(2,3)19-20(24(4,5)6)29(19,27(13,14)15)31-30(28(16,17)18)21(25(7,8)9)22(30)26(10,11)12/h1-18H3. The average molecular weight is 431 g/mol. The molecule has 0 aromatic carbocycles. The number of hydrogen-bond donors (Lipinski definition) is 0. The summed E-state index contributed by atoms with van der Waals surface area (Å²) in [5.74, 6) is 0. The van der Waals surface area contributed by atoms with E-state index in [2.05, 4.69) is 125 Å². The van der Waals surface area contributed by atoms with Crippen LogP contribution in [-0.4, -0.2) is 11.2 Å². The maximum absolute atomic E-state index is 7.78. The third-order valence-electron chi connectivity index (χ3n) is 7.20. The Balaban J connectivity index is 2.82. The van der Waals surface area contributed by atoms with E-state index in [1.165, 1.54) is 22.3 Å². The van der Waals surface area contributed by atoms with E-state index in [9.17, 15) is 0 Å². The maximum atomic E-state index is 7.78. The second kappa shape index (κ2) is 6.52. The van der Waals surface area contributed by atoms with E-state index < -0.39 is 0 Å². The lowest BCUT2D eigenvalue weighted by Crippen LogP contribution is -2.51. The summed E-state index contributed by atoms with van der Waals surface area (Å²) in [4.78, 5) is 0. The van der Waals surface area contributed by atoms with E-state index in [0.717, 1.165) is 0 Å². The Morgan fingerprint density at radius 3 is 0.613 bits per heavy atom. The summed E-state index contributed by atoms with van der Waals surface area (Å²) in [6.45, 7) is 42.7. The van der Waals surface area contributed by atoms with Gasteiger partial charge in [0.1, 0.15) is 11.2 Å². The Kier molecular flexibility index (Phi) is 5.61. The van der Waals surface area contributed by atoms with E-state index in [0.29, 0.717) is 0 Å². The summed E-state index contributed by atoms with van der Waals surface area (Å²) >= 11 is 0. The van der Waals surface area contributed by atoms with Crippen molar-refractivity contribution in [3.05, 3.63) is 22.3 Å². The van der Waals surface area contributed by atoms with Gasteiger partial charge in [0, 0.05) is 0 Å². The molecule has 1 nitrogen and oxygen atoms in total. The van der Waals surface area contributed by atoms with E-state index in [4.69, 9.17) is 4.74 Å². The van der Waals surface area contributed by atoms with Crippen LogP contribution >= 0.6 is 0 Å². The monoisotopic (exact) mass is 430 g/mol. The molecule has 180 valence electrons. The highest BCUT2D eigenvalue weighted by atomic mass is 16.5. The van der Waals surface area contributed by atoms with Crippen LogP contribution in [0.1, 0.15) is 125 Å². The van der Waals surface area contributed by atoms with E-state index in [-0.39, 0.29) is 43.7 Å². The highest BCUT2D eigenvalue weighted by Gasteiger charge is 2.75. The van der Waals surface area contributed by atoms with Crippen molar-refractivity contribution in [3.8, 4) is 0 Å². The highest BCUT2D eigenvalue weighted by Crippen LogP contribution is 2.76. The Hall–Kier alpha value is -0.560. The molecule has 0 N–H and O–H groups in total. The summed E-state index contributed by atoms with van der Waals surface area (Å²) in [7, 11) is 0. The molecule has 0 saturated heterocycles. The van der Waals surface area contributed by atoms with Crippen LogP contribution in [-0.2, 0) is 4.74 Å². The summed E-state index contributed by atoms with van der Waals surface area (Å²) < 4.78 is 7.78. The Bertz CT molecular complexity index is 685. The molecule has 1 heteroatoms. The van der Waals surface area contributed by atoms with Gasteiger partial charge in [-0.2, -0.15) is 0 Å². The van der Waals surface area contributed by atoms with Crippen LogP contribution in [0.5, 0.6) is 0 Å². The van der Waals surface area contributed by atoms with Crippen molar-refractivity contribution in [2.45, 2.75) is 136 Å². The van der Waals surface area contributed by atoms with Gasteiger partial charge in [-0.25, -0.2) is 0 Å². The molecule has 0 bridgehead atoms. The fraction of sp³-hybridized carbons (Fsp3) is 0.867. The van der Waals surface area contributed by atoms with Gasteiger partial charge in [0.2, 0.25) is 0 Å². The fourth-order valence-electron chi connectivity index (χ4n) is 6.38. The van der Waals surface area contributed by atoms with Crippen LogP contribution in [0.3, 0.4) is 0 Å². The van der Waals surface area contributed by atoms with Gasteiger partial charge in [-0.1, -0.05) is 125 Å². The topological polar surface area (TPSA) is 9.23 Å². The molecule has 0 unspecified atom stereocenters. The Labute approximate surface area is 195 Å². The molecule has 0 amide bonds. The second-order valence-electron chi connectivity index (χ2n) is 16.5. The van der Waals surface area contributed by atoms with Crippen LogP contribution in [0.15, 0.2) is 22.3 Å². The zero-order chi connectivity index (χ0) is 25.0. The van der Waals surface area contributed by atoms with Crippen molar-refractivity contribution in [2.24, 2.45) is 32.5 Å². The van der Waals surface area contributed by atoms with Crippen molar-refractivity contribution in [1.82, 2.24) is 0 Å². The number of hydrogen-bond acceptors (Lipinski definition) is 1. The van der Waals surface area contributed by atoms with Gasteiger partial charge in [-0.15, -0.1) is 0 Å². The summed E-state index contributed by atoms with van der Waals surface area (Å²) in [5, 5.41) is 0. The van der Waals surface area contributed by atoms with Crippen molar-refractivity contribution < 1.29 is 4.74 Å². The normalized spacial score (nSPS) is 22.3. The molecule has 31 heavy (non-hydrogen) atoms. The minimum absolute atomic E-state index is 0.0228. The third kappa shape index (κ3) is 3.89. The van der Waals surface area contributed by atoms with Gasteiger partial charge in [0.25, 0.3) is 0 Å². The molecule has 0 spiro atoms. The van der Waals surface area contributed by atoms with Gasteiger partial charge in [0.05, 0.1) is 0 Å². The van der Waals surface area contributed by atoms with Gasteiger partial charge in [-0.05, 0) is 54.8 Å². The van der Waals surface area contributed by atoms with Crippen LogP contribution in [0.4, 0.5) is 0 Å². The first-order chi connectivity index (χ1) is 13.2. The third-order valence-corrected chi connectivity index (χ3v) is 7.20. The molecule has 2 rings (SSSR count). The highest BCUT2D eigenvalue weighted by molar-refractivity contribution is 5.66. The smallest absolute Gasteiger partial charge is 0.118 e. The molecule has 0 heterocycles. The molecular weight excluding hydrogens is 376 g/mol. The molecule has 0 saturated carbocycles. The number of rotatable bonds is 2. The van der Waals surface area contributed by atoms with Crippen LogP contribution in [0.2, 0.25) is 0 Å². The lowest BCUT2D eigenvalue weighted by Gasteiger charge is -2.48. The lowest BCUT2D eigenvalue weighted by atomic mass is 9.71. The summed E-state index contributed by atoms with van der Waals surface area (Å²) in [5.41, 5.74) is 5.72. The first-order valence-electron chi connectivity index (χ1n) is 12.4. The maximum Gasteiger partial charge on any atom is 0.118 e. The van der Waals surface area contributed by atoms with E-state index >= 15 is 0 Å². The van der Waals surface area contributed by atoms with Crippen molar-refractivity contribution in [2.75, 3.05) is 0 Å². The van der Waals surface area contributed by atoms with Crippen LogP contribution in [0.25, 0.3) is 0 Å². The van der Waals surface area contributed by atoms with Gasteiger partial charge < -0.3 is 4.74 Å². The molecule has 0 fully saturated rings. The first-order valence-corrected chi connectivity index (χ1v) is 12.4. The lowest BCUT2D eigenvalue weighted by molar-refractivity contribution is -0.140. The predicted molar refractivity (Wildman–Crippen MR) is 137 cm³/mol. The van der Waals surface area contributed by atoms with E-state index in [1.54, 1.807) is 0 Å². The SMILES string of the molecule is CC(C)(C)C1=C(C(C)(C)C)C1(OC1(C(C)(C)C)C(C(C)(C)C)=C1C(C)(C)C)C(C)(C)C. The van der Waals surface area contributed by atoms with Crippen LogP contribution < -0.4 is 0 Å². The summed E-state index contributed by atoms with van der Waals surface area (Å²) in [6, 6.07) is 0. The second-order valence-corrected chi connectivity index (χ2v) is 16.5. The largest absolute Gasteiger partial charge is 0.350 e. The molecule has 2 aliphatic carbocycles. The van der Waals surface area contributed by atoms with Gasteiger partial charge >= 0.3 is 0 Å². The molecule has 0 aromatic heterocycles. The van der Waals surface area contributed by atoms with Crippen molar-refractivity contribution in [3.63, 3.8) is 0 Å². The minimum atomic E-state index is -0.319. The van der Waals surface area contributed by atoms with Crippen molar-refractivity contribution >= 4 is 0 Å². The molecule has 0 radical (unpaired) electrons. The zero-order valence-electron chi connectivity index (χ0n) is 24.4. The van der Waals surface area contributed by atoms with E-state index in [1.807, 2.05) is 0 Å². The summed E-state index contributed by atoms with van der Waals surface area (Å²) in [6.07, 6.45) is 0. The quantitative estimate of drug-likeness (QED) is 0.396. The molecule has 0 aliphatic heterocycles. The van der Waals surface area contributed by atoms with Gasteiger partial charge in [0.15, 0.2) is 0 Å². The van der Waals surface area contributed by atoms with Crippen LogP contribution in [0, 0.1) is 32.5 Å². The predicted octanol–water partition coefficient (Wildman–Crippen LogP) is 9.38. The number of ether oxygens (including phenoxy) is 1. The van der Waals surface area contributed by atoms with Gasteiger partial charge in [-0.3, -0.25) is 0 Å². The Morgan fingerprint density at radius 1 is 0.355 bits per heavy atom. The zero-order valence-corrected chi connectivity index (χ0v) is 24.4. The molecule has 0 atom stereocenters. The minimum Gasteiger partial charge on any atom is -0.350 e. The average Bonchev–Trinajstić information content (AvgIpc) is 3.23. The molecular formula is C30H54O.